The maximum absolute atomic E-state index is 14.1. The van der Waals surface area contributed by atoms with Crippen molar-refractivity contribution in [3.05, 3.63) is 82.2 Å². The summed E-state index contributed by atoms with van der Waals surface area (Å²) in [5.41, 5.74) is 4.54. The zero-order chi connectivity index (χ0) is 33.8. The molecule has 47 heavy (non-hydrogen) atoms. The summed E-state index contributed by atoms with van der Waals surface area (Å²) in [6.07, 6.45) is 7.51. The zero-order valence-electron chi connectivity index (χ0n) is 28.4. The van der Waals surface area contributed by atoms with Crippen molar-refractivity contribution in [2.75, 3.05) is 13.1 Å². The Balaban J connectivity index is 1.60. The second kappa shape index (κ2) is 14.7. The van der Waals surface area contributed by atoms with Crippen molar-refractivity contribution in [1.29, 1.82) is 0 Å². The fourth-order valence-electron chi connectivity index (χ4n) is 6.23. The van der Waals surface area contributed by atoms with Gasteiger partial charge in [0.1, 0.15) is 0 Å². The first-order valence-corrected chi connectivity index (χ1v) is 19.6. The highest BCUT2D eigenvalue weighted by molar-refractivity contribution is 7.89. The Kier molecular flexibility index (Phi) is 11.1. The number of ether oxygens (including phenoxy) is 2. The van der Waals surface area contributed by atoms with Crippen LogP contribution in [-0.2, 0) is 44.5 Å². The third kappa shape index (κ3) is 8.43. The Morgan fingerprint density at radius 3 is 1.57 bits per heavy atom. The summed E-state index contributed by atoms with van der Waals surface area (Å²) in [4.78, 5) is 5.46. The zero-order valence-corrected chi connectivity index (χ0v) is 30.1. The summed E-state index contributed by atoms with van der Waals surface area (Å²) >= 11 is 0. The minimum atomic E-state index is -3.84. The third-order valence-electron chi connectivity index (χ3n) is 9.09. The summed E-state index contributed by atoms with van der Waals surface area (Å²) in [5, 5.41) is 0. The van der Waals surface area contributed by atoms with Gasteiger partial charge in [0, 0.05) is 44.7 Å². The summed E-state index contributed by atoms with van der Waals surface area (Å²) in [7, 11) is -7.66. The predicted octanol–water partition coefficient (Wildman–Crippen LogP) is 7.17. The molecule has 0 radical (unpaired) electrons. The molecule has 2 bridgehead atoms. The normalized spacial score (nSPS) is 19.3. The van der Waals surface area contributed by atoms with Crippen molar-refractivity contribution in [3.8, 4) is 5.75 Å². The van der Waals surface area contributed by atoms with Crippen molar-refractivity contribution >= 4 is 20.0 Å². The van der Waals surface area contributed by atoms with E-state index < -0.39 is 25.8 Å². The van der Waals surface area contributed by atoms with E-state index in [9.17, 15) is 16.8 Å². The first kappa shape index (κ1) is 35.5. The first-order valence-electron chi connectivity index (χ1n) is 16.8. The number of fused-ring (bicyclic) bond motifs is 6. The van der Waals surface area contributed by atoms with Crippen LogP contribution < -0.4 is 4.74 Å². The number of sulfonamides is 2. The minimum Gasteiger partial charge on any atom is -0.461 e. The second-order valence-electron chi connectivity index (χ2n) is 13.4. The molecular weight excluding hydrogens is 635 g/mol. The molecule has 5 rings (SSSR count). The molecule has 0 fully saturated rings. The van der Waals surface area contributed by atoms with Crippen LogP contribution in [0.5, 0.6) is 5.75 Å². The summed E-state index contributed by atoms with van der Waals surface area (Å²) in [6.45, 7) is 10.4. The van der Waals surface area contributed by atoms with Gasteiger partial charge < -0.3 is 9.47 Å². The standard InChI is InChI=1S/C36H49N3O6S2/c1-27-14-18-30(19-15-27)46(40,41)38-22-12-10-8-6-7-9-11-13-23-39(47(42,43)31-20-16-28(2)17-21-31)25-34-35-33(26-44-36(4,5)45-35)32(24-38)29(3)37-34/h14-21H,6-13,22-26H2,1-5H3. The van der Waals surface area contributed by atoms with E-state index in [4.69, 9.17) is 14.5 Å². The topological polar surface area (TPSA) is 106 Å². The van der Waals surface area contributed by atoms with Crippen LogP contribution in [-0.4, -0.2) is 49.3 Å². The largest absolute Gasteiger partial charge is 0.461 e. The first-order chi connectivity index (χ1) is 22.3. The molecular formula is C36H49N3O6S2. The smallest absolute Gasteiger partial charge is 0.243 e. The summed E-state index contributed by atoms with van der Waals surface area (Å²) < 4.78 is 71.9. The van der Waals surface area contributed by atoms with E-state index in [0.717, 1.165) is 68.1 Å². The molecule has 256 valence electrons. The molecule has 3 heterocycles. The molecule has 2 aromatic carbocycles. The van der Waals surface area contributed by atoms with Crippen molar-refractivity contribution < 1.29 is 26.3 Å². The number of hydrogen-bond donors (Lipinski definition) is 0. The van der Waals surface area contributed by atoms with Gasteiger partial charge in [0.2, 0.25) is 25.8 Å². The van der Waals surface area contributed by atoms with Gasteiger partial charge in [-0.1, -0.05) is 73.9 Å². The van der Waals surface area contributed by atoms with E-state index >= 15 is 0 Å². The molecule has 0 atom stereocenters. The molecule has 0 amide bonds. The van der Waals surface area contributed by atoms with Crippen LogP contribution in [0.2, 0.25) is 0 Å². The van der Waals surface area contributed by atoms with Gasteiger partial charge in [0.05, 0.1) is 28.6 Å². The Hall–Kier alpha value is -2.83. The molecule has 0 saturated heterocycles. The highest BCUT2D eigenvalue weighted by Gasteiger charge is 2.36. The van der Waals surface area contributed by atoms with Crippen LogP contribution in [0.4, 0.5) is 0 Å². The van der Waals surface area contributed by atoms with E-state index in [-0.39, 0.29) is 29.5 Å². The summed E-state index contributed by atoms with van der Waals surface area (Å²) in [6, 6.07) is 13.9. The van der Waals surface area contributed by atoms with E-state index in [0.29, 0.717) is 35.8 Å². The van der Waals surface area contributed by atoms with E-state index in [1.165, 1.54) is 4.31 Å². The average molecular weight is 684 g/mol. The van der Waals surface area contributed by atoms with E-state index in [2.05, 4.69) is 0 Å². The van der Waals surface area contributed by atoms with Crippen molar-refractivity contribution in [2.45, 2.75) is 121 Å². The molecule has 0 aliphatic carbocycles. The molecule has 0 spiro atoms. The van der Waals surface area contributed by atoms with Crippen molar-refractivity contribution in [2.24, 2.45) is 0 Å². The van der Waals surface area contributed by atoms with Crippen LogP contribution in [0.15, 0.2) is 58.3 Å². The van der Waals surface area contributed by atoms with Gasteiger partial charge in [-0.15, -0.1) is 0 Å². The molecule has 9 nitrogen and oxygen atoms in total. The lowest BCUT2D eigenvalue weighted by atomic mass is 10.0. The van der Waals surface area contributed by atoms with Gasteiger partial charge >= 0.3 is 0 Å². The number of pyridine rings is 1. The maximum atomic E-state index is 14.1. The van der Waals surface area contributed by atoms with Crippen molar-refractivity contribution in [1.82, 2.24) is 13.6 Å². The van der Waals surface area contributed by atoms with Gasteiger partial charge in [-0.05, 0) is 63.4 Å². The monoisotopic (exact) mass is 683 g/mol. The Bertz CT molecular complexity index is 1760. The Morgan fingerprint density at radius 2 is 1.09 bits per heavy atom. The summed E-state index contributed by atoms with van der Waals surface area (Å²) in [5.74, 6) is -0.499. The van der Waals surface area contributed by atoms with E-state index in [1.807, 2.05) is 58.9 Å². The lowest BCUT2D eigenvalue weighted by Crippen LogP contribution is -2.39. The third-order valence-corrected chi connectivity index (χ3v) is 12.8. The number of nitrogens with zero attached hydrogens (tertiary/aromatic N) is 3. The number of hydrogen-bond acceptors (Lipinski definition) is 7. The van der Waals surface area contributed by atoms with Crippen LogP contribution in [0.25, 0.3) is 0 Å². The molecule has 0 unspecified atom stereocenters. The predicted molar refractivity (Wildman–Crippen MR) is 183 cm³/mol. The fraction of sp³-hybridized carbons (Fsp3) is 0.528. The van der Waals surface area contributed by atoms with Gasteiger partial charge in [-0.25, -0.2) is 16.8 Å². The quantitative estimate of drug-likeness (QED) is 0.287. The molecule has 1 aromatic heterocycles. The van der Waals surface area contributed by atoms with Crippen LogP contribution in [0.1, 0.15) is 98.9 Å². The van der Waals surface area contributed by atoms with Gasteiger partial charge in [0.25, 0.3) is 0 Å². The maximum Gasteiger partial charge on any atom is 0.243 e. The lowest BCUT2D eigenvalue weighted by Gasteiger charge is -2.36. The highest BCUT2D eigenvalue weighted by Crippen LogP contribution is 2.39. The van der Waals surface area contributed by atoms with Gasteiger partial charge in [-0.2, -0.15) is 8.61 Å². The van der Waals surface area contributed by atoms with Gasteiger partial charge in [0.15, 0.2) is 5.75 Å². The van der Waals surface area contributed by atoms with Crippen LogP contribution in [0.3, 0.4) is 0 Å². The average Bonchev–Trinajstić information content (AvgIpc) is 3.01. The molecule has 0 saturated carbocycles. The van der Waals surface area contributed by atoms with Gasteiger partial charge in [-0.3, -0.25) is 4.98 Å². The fourth-order valence-corrected chi connectivity index (χ4v) is 9.12. The Labute approximate surface area is 281 Å². The molecule has 11 heteroatoms. The molecule has 2 aliphatic heterocycles. The van der Waals surface area contributed by atoms with E-state index in [1.54, 1.807) is 28.6 Å². The molecule has 3 aromatic rings. The minimum absolute atomic E-state index is 0.0289. The van der Waals surface area contributed by atoms with Crippen molar-refractivity contribution in [3.63, 3.8) is 0 Å². The number of rotatable bonds is 4. The number of aromatic nitrogens is 1. The Morgan fingerprint density at radius 1 is 0.638 bits per heavy atom. The lowest BCUT2D eigenvalue weighted by molar-refractivity contribution is -0.181. The molecule has 0 N–H and O–H groups in total. The molecule has 2 aliphatic rings. The van der Waals surface area contributed by atoms with Crippen LogP contribution in [0, 0.1) is 20.8 Å². The van der Waals surface area contributed by atoms with Crippen LogP contribution >= 0.6 is 0 Å². The second-order valence-corrected chi connectivity index (χ2v) is 17.2. The number of benzene rings is 2. The number of aryl methyl sites for hydroxylation is 3. The SMILES string of the molecule is Cc1ccc(S(=O)(=O)N2CCCCCCCCCCN(S(=O)(=O)c3ccc(C)cc3)Cc3c(C)nc(c4c3COC(C)(C)O4)C2)cc1. The highest BCUT2D eigenvalue weighted by atomic mass is 32.2.